The molecule has 0 amide bonds. The number of piperidine rings is 1. The van der Waals surface area contributed by atoms with Gasteiger partial charge in [-0.3, -0.25) is 9.36 Å². The number of benzene rings is 2. The lowest BCUT2D eigenvalue weighted by molar-refractivity contribution is 0.163. The zero-order valence-electron chi connectivity index (χ0n) is 21.2. The number of anilines is 3. The summed E-state index contributed by atoms with van der Waals surface area (Å²) in [7, 11) is 1.66. The lowest BCUT2D eigenvalue weighted by Crippen LogP contribution is -2.61. The largest absolute Gasteiger partial charge is 0.495 e. The molecule has 4 aromatic rings. The number of hydrogen-bond donors (Lipinski definition) is 2. The van der Waals surface area contributed by atoms with Crippen LogP contribution in [-0.2, 0) is 0 Å². The molecule has 11 heteroatoms. The standard InChI is InChI=1S/C28H25Cl2N7O2/c1-39-23-13-18(5-6-22(23)36-11-8-28(9-12-36)7-10-33-28)34-27-32-15-19-24(35-27)17(14-31)16-37(26(19)38)25-20(29)3-2-4-21(25)30/h2-6,13,15-16,33H,7-12H2,1H3,(H,32,34,35). The summed E-state index contributed by atoms with van der Waals surface area (Å²) in [5.41, 5.74) is 2.37. The van der Waals surface area contributed by atoms with Crippen molar-refractivity contribution < 1.29 is 4.74 Å². The summed E-state index contributed by atoms with van der Waals surface area (Å²) in [6.45, 7) is 3.05. The van der Waals surface area contributed by atoms with Crippen LogP contribution in [0, 0.1) is 11.3 Å². The number of hydrogen-bond acceptors (Lipinski definition) is 8. The summed E-state index contributed by atoms with van der Waals surface area (Å²) in [6, 6.07) is 12.9. The Morgan fingerprint density at radius 2 is 1.90 bits per heavy atom. The van der Waals surface area contributed by atoms with E-state index in [1.54, 1.807) is 25.3 Å². The van der Waals surface area contributed by atoms with E-state index in [2.05, 4.69) is 31.6 Å². The maximum absolute atomic E-state index is 13.3. The molecule has 0 bridgehead atoms. The van der Waals surface area contributed by atoms with Gasteiger partial charge in [-0.25, -0.2) is 9.97 Å². The highest BCUT2D eigenvalue weighted by atomic mass is 35.5. The van der Waals surface area contributed by atoms with Gasteiger partial charge in [0.2, 0.25) is 5.95 Å². The fraction of sp³-hybridized carbons (Fsp3) is 0.286. The van der Waals surface area contributed by atoms with Gasteiger partial charge in [0.15, 0.2) is 0 Å². The normalized spacial score (nSPS) is 16.1. The van der Waals surface area contributed by atoms with Gasteiger partial charge in [0, 0.05) is 42.8 Å². The van der Waals surface area contributed by atoms with Crippen LogP contribution in [0.4, 0.5) is 17.3 Å². The summed E-state index contributed by atoms with van der Waals surface area (Å²) in [5.74, 6) is 0.994. The van der Waals surface area contributed by atoms with Gasteiger partial charge in [-0.2, -0.15) is 5.26 Å². The number of aromatic nitrogens is 3. The first-order valence-electron chi connectivity index (χ1n) is 12.6. The number of nitriles is 1. The Kier molecular flexibility index (Phi) is 6.55. The van der Waals surface area contributed by atoms with Crippen molar-refractivity contribution in [3.8, 4) is 17.5 Å². The summed E-state index contributed by atoms with van der Waals surface area (Å²) in [5, 5.41) is 17.4. The fourth-order valence-electron chi connectivity index (χ4n) is 5.38. The van der Waals surface area contributed by atoms with Crippen LogP contribution in [0.1, 0.15) is 24.8 Å². The van der Waals surface area contributed by atoms with E-state index in [-0.39, 0.29) is 32.5 Å². The van der Waals surface area contributed by atoms with Crippen LogP contribution in [0.25, 0.3) is 16.6 Å². The smallest absolute Gasteiger partial charge is 0.266 e. The van der Waals surface area contributed by atoms with E-state index in [4.69, 9.17) is 27.9 Å². The van der Waals surface area contributed by atoms with Crippen LogP contribution in [0.3, 0.4) is 0 Å². The van der Waals surface area contributed by atoms with Crippen molar-refractivity contribution >= 4 is 51.4 Å². The molecule has 0 atom stereocenters. The van der Waals surface area contributed by atoms with Crippen molar-refractivity contribution in [2.75, 3.05) is 37.0 Å². The van der Waals surface area contributed by atoms with E-state index in [9.17, 15) is 10.1 Å². The van der Waals surface area contributed by atoms with Gasteiger partial charge in [0.05, 0.1) is 39.5 Å². The number of rotatable bonds is 5. The number of ether oxygens (including phenoxy) is 1. The molecule has 0 aliphatic carbocycles. The van der Waals surface area contributed by atoms with Gasteiger partial charge in [-0.1, -0.05) is 29.3 Å². The number of halogens is 2. The number of methoxy groups -OCH3 is 1. The molecule has 6 rings (SSSR count). The van der Waals surface area contributed by atoms with Crippen LogP contribution in [-0.4, -0.2) is 46.8 Å². The van der Waals surface area contributed by atoms with E-state index >= 15 is 0 Å². The van der Waals surface area contributed by atoms with E-state index in [1.807, 2.05) is 18.2 Å². The minimum absolute atomic E-state index is 0.173. The second-order valence-electron chi connectivity index (χ2n) is 9.81. The van der Waals surface area contributed by atoms with Gasteiger partial charge >= 0.3 is 0 Å². The molecule has 0 unspecified atom stereocenters. The van der Waals surface area contributed by atoms with Gasteiger partial charge in [-0.15, -0.1) is 0 Å². The zero-order valence-corrected chi connectivity index (χ0v) is 22.7. The van der Waals surface area contributed by atoms with Gasteiger partial charge in [0.25, 0.3) is 5.56 Å². The van der Waals surface area contributed by atoms with Gasteiger partial charge in [-0.05, 0) is 50.1 Å². The minimum Gasteiger partial charge on any atom is -0.495 e. The Morgan fingerprint density at radius 3 is 2.54 bits per heavy atom. The Bertz CT molecular complexity index is 1660. The zero-order chi connectivity index (χ0) is 27.1. The van der Waals surface area contributed by atoms with Gasteiger partial charge in [0.1, 0.15) is 17.3 Å². The SMILES string of the molecule is COc1cc(Nc2ncc3c(=O)n(-c4c(Cl)cccc4Cl)cc(C#N)c3n2)ccc1N1CCC2(CCN2)CC1. The molecule has 2 aromatic carbocycles. The molecule has 2 aromatic heterocycles. The highest BCUT2D eigenvalue weighted by Crippen LogP contribution is 2.38. The molecule has 0 radical (unpaired) electrons. The molecule has 0 saturated carbocycles. The fourth-order valence-corrected chi connectivity index (χ4v) is 5.96. The predicted octanol–water partition coefficient (Wildman–Crippen LogP) is 5.04. The van der Waals surface area contributed by atoms with Crippen LogP contribution < -0.4 is 25.8 Å². The predicted molar refractivity (Wildman–Crippen MR) is 153 cm³/mol. The Hall–Kier alpha value is -3.84. The van der Waals surface area contributed by atoms with Crippen molar-refractivity contribution in [1.82, 2.24) is 19.9 Å². The monoisotopic (exact) mass is 561 g/mol. The maximum atomic E-state index is 13.3. The summed E-state index contributed by atoms with van der Waals surface area (Å²) < 4.78 is 6.98. The second kappa shape index (κ2) is 10.0. The van der Waals surface area contributed by atoms with Crippen molar-refractivity contribution in [3.05, 3.63) is 74.8 Å². The number of fused-ring (bicyclic) bond motifs is 1. The van der Waals surface area contributed by atoms with Crippen LogP contribution in [0.2, 0.25) is 10.0 Å². The first-order chi connectivity index (χ1) is 18.9. The van der Waals surface area contributed by atoms with Gasteiger partial charge < -0.3 is 20.3 Å². The molecule has 1 spiro atoms. The average Bonchev–Trinajstić information content (AvgIpc) is 2.93. The molecular weight excluding hydrogens is 537 g/mol. The highest BCUT2D eigenvalue weighted by Gasteiger charge is 2.39. The molecule has 39 heavy (non-hydrogen) atoms. The van der Waals surface area contributed by atoms with Crippen molar-refractivity contribution in [2.24, 2.45) is 0 Å². The third kappa shape index (κ3) is 4.55. The minimum atomic E-state index is -0.433. The Balaban J connectivity index is 1.30. The van der Waals surface area contributed by atoms with E-state index in [0.29, 0.717) is 11.2 Å². The topological polar surface area (TPSA) is 108 Å². The molecule has 2 fully saturated rings. The van der Waals surface area contributed by atoms with Crippen LogP contribution in [0.5, 0.6) is 5.75 Å². The van der Waals surface area contributed by atoms with E-state index in [0.717, 1.165) is 49.6 Å². The molecule has 4 heterocycles. The van der Waals surface area contributed by atoms with Crippen molar-refractivity contribution in [2.45, 2.75) is 24.8 Å². The van der Waals surface area contributed by atoms with Crippen molar-refractivity contribution in [1.29, 1.82) is 5.26 Å². The third-order valence-electron chi connectivity index (χ3n) is 7.65. The summed E-state index contributed by atoms with van der Waals surface area (Å²) in [4.78, 5) is 24.5. The summed E-state index contributed by atoms with van der Waals surface area (Å²) in [6.07, 6.45) is 6.29. The van der Waals surface area contributed by atoms with Crippen LogP contribution in [0.15, 0.2) is 53.6 Å². The summed E-state index contributed by atoms with van der Waals surface area (Å²) >= 11 is 12.6. The Labute approximate surface area is 235 Å². The molecule has 198 valence electrons. The molecular formula is C28H25Cl2N7O2. The third-order valence-corrected chi connectivity index (χ3v) is 8.26. The number of pyridine rings is 1. The molecule has 2 saturated heterocycles. The van der Waals surface area contributed by atoms with Crippen molar-refractivity contribution in [3.63, 3.8) is 0 Å². The number of nitrogens with zero attached hydrogens (tertiary/aromatic N) is 5. The first kappa shape index (κ1) is 25.4. The van der Waals surface area contributed by atoms with E-state index < -0.39 is 5.56 Å². The molecule has 2 aliphatic heterocycles. The Morgan fingerprint density at radius 1 is 1.15 bits per heavy atom. The second-order valence-corrected chi connectivity index (χ2v) is 10.6. The highest BCUT2D eigenvalue weighted by molar-refractivity contribution is 6.37. The van der Waals surface area contributed by atoms with E-state index in [1.165, 1.54) is 23.4 Å². The maximum Gasteiger partial charge on any atom is 0.266 e. The number of nitrogens with one attached hydrogen (secondary N) is 2. The molecule has 2 N–H and O–H groups in total. The lowest BCUT2D eigenvalue weighted by Gasteiger charge is -2.49. The molecule has 9 nitrogen and oxygen atoms in total. The molecule has 2 aliphatic rings. The lowest BCUT2D eigenvalue weighted by atomic mass is 9.79. The number of para-hydroxylation sites is 1. The van der Waals surface area contributed by atoms with Crippen LogP contribution >= 0.6 is 23.2 Å². The average molecular weight is 562 g/mol. The first-order valence-corrected chi connectivity index (χ1v) is 13.4. The quantitative estimate of drug-likeness (QED) is 0.348.